The summed E-state index contributed by atoms with van der Waals surface area (Å²) in [5.41, 5.74) is 1.28. The molecule has 42 heavy (non-hydrogen) atoms. The fraction of sp³-hybridized carbons (Fsp3) is 0.733. The van der Waals surface area contributed by atoms with Crippen LogP contribution in [0.15, 0.2) is 30.3 Å². The molecule has 0 aliphatic carbocycles. The number of carboxylic acid groups (broad SMARTS) is 2. The summed E-state index contributed by atoms with van der Waals surface area (Å²) < 4.78 is 29.9. The standard InChI is InChI=1S/C30H46O12/c1-19-24(31)25(32)26(33)30(41-19)42-27-22(39-16-8-3-6-13-21(28(34)35)29(36)37)14-17-40-23(27)18-38-15-9-7-12-20-10-4-2-5-11-20/h2,4-5,10-11,19,21-27,30-33H,3,6-9,12-18H2,1H3,(H,34,35)(H,36,37). The Balaban J connectivity index is 1.51. The van der Waals surface area contributed by atoms with Gasteiger partial charge in [-0.2, -0.15) is 0 Å². The molecule has 0 amide bonds. The summed E-state index contributed by atoms with van der Waals surface area (Å²) in [6.07, 6.45) is -2.87. The van der Waals surface area contributed by atoms with Crippen LogP contribution in [0.5, 0.6) is 0 Å². The number of benzene rings is 1. The van der Waals surface area contributed by atoms with Crippen LogP contribution in [0.4, 0.5) is 0 Å². The number of aliphatic hydroxyl groups is 3. The molecular weight excluding hydrogens is 552 g/mol. The van der Waals surface area contributed by atoms with Crippen LogP contribution in [0.1, 0.15) is 57.4 Å². The molecule has 3 rings (SSSR count). The van der Waals surface area contributed by atoms with Gasteiger partial charge in [-0.15, -0.1) is 0 Å². The topological polar surface area (TPSA) is 181 Å². The van der Waals surface area contributed by atoms with Crippen molar-refractivity contribution in [3.8, 4) is 0 Å². The lowest BCUT2D eigenvalue weighted by atomic mass is 9.98. The zero-order valence-corrected chi connectivity index (χ0v) is 24.2. The van der Waals surface area contributed by atoms with Crippen LogP contribution in [0, 0.1) is 5.92 Å². The molecule has 2 aliphatic rings. The van der Waals surface area contributed by atoms with Crippen molar-refractivity contribution in [2.24, 2.45) is 5.92 Å². The first-order valence-electron chi connectivity index (χ1n) is 14.8. The molecule has 0 aromatic heterocycles. The van der Waals surface area contributed by atoms with Gasteiger partial charge in [-0.25, -0.2) is 0 Å². The zero-order valence-electron chi connectivity index (χ0n) is 24.2. The Hall–Kier alpha value is -2.16. The summed E-state index contributed by atoms with van der Waals surface area (Å²) in [7, 11) is 0. The molecule has 0 saturated carbocycles. The molecule has 12 heteroatoms. The SMILES string of the molecule is CC1OC(OC2C(OCCCCCC(C(=O)O)C(=O)O)CCOC2COCCCCc2ccccc2)C(O)C(O)C1O. The molecule has 238 valence electrons. The predicted octanol–water partition coefficient (Wildman–Crippen LogP) is 1.76. The number of aryl methyl sites for hydroxylation is 1. The number of unbranched alkanes of at least 4 members (excludes halogenated alkanes) is 3. The first-order valence-corrected chi connectivity index (χ1v) is 14.8. The van der Waals surface area contributed by atoms with Crippen molar-refractivity contribution in [3.05, 3.63) is 35.9 Å². The number of ether oxygens (including phenoxy) is 5. The van der Waals surface area contributed by atoms with Crippen molar-refractivity contribution in [2.45, 2.75) is 107 Å². The molecule has 1 aromatic carbocycles. The largest absolute Gasteiger partial charge is 0.481 e. The van der Waals surface area contributed by atoms with Crippen LogP contribution >= 0.6 is 0 Å². The summed E-state index contributed by atoms with van der Waals surface area (Å²) in [6.45, 7) is 3.07. The summed E-state index contributed by atoms with van der Waals surface area (Å²) in [6, 6.07) is 10.2. The minimum absolute atomic E-state index is 0.0434. The van der Waals surface area contributed by atoms with Crippen molar-refractivity contribution >= 4 is 11.9 Å². The van der Waals surface area contributed by atoms with E-state index in [0.29, 0.717) is 45.5 Å². The van der Waals surface area contributed by atoms with Crippen LogP contribution in [-0.2, 0) is 39.7 Å². The molecule has 0 spiro atoms. The highest BCUT2D eigenvalue weighted by Gasteiger charge is 2.46. The number of aliphatic hydroxyl groups excluding tert-OH is 3. The lowest BCUT2D eigenvalue weighted by molar-refractivity contribution is -0.327. The number of carboxylic acids is 2. The fourth-order valence-corrected chi connectivity index (χ4v) is 5.20. The van der Waals surface area contributed by atoms with E-state index in [1.165, 1.54) is 5.56 Å². The second kappa shape index (κ2) is 17.8. The van der Waals surface area contributed by atoms with Gasteiger partial charge in [0.25, 0.3) is 0 Å². The molecule has 5 N–H and O–H groups in total. The van der Waals surface area contributed by atoms with E-state index in [4.69, 9.17) is 33.9 Å². The molecule has 0 bridgehead atoms. The minimum atomic E-state index is -1.48. The van der Waals surface area contributed by atoms with Crippen molar-refractivity contribution in [3.63, 3.8) is 0 Å². The highest BCUT2D eigenvalue weighted by molar-refractivity contribution is 5.92. The number of aliphatic carboxylic acids is 2. The molecule has 8 atom stereocenters. The second-order valence-electron chi connectivity index (χ2n) is 11.0. The van der Waals surface area contributed by atoms with Crippen LogP contribution in [0.2, 0.25) is 0 Å². The summed E-state index contributed by atoms with van der Waals surface area (Å²) in [5, 5.41) is 48.9. The maximum atomic E-state index is 11.1. The van der Waals surface area contributed by atoms with E-state index in [0.717, 1.165) is 19.3 Å². The van der Waals surface area contributed by atoms with Crippen LogP contribution in [-0.4, -0.2) is 113 Å². The van der Waals surface area contributed by atoms with Crippen LogP contribution < -0.4 is 0 Å². The predicted molar refractivity (Wildman–Crippen MR) is 149 cm³/mol. The first kappa shape index (κ1) is 34.3. The van der Waals surface area contributed by atoms with Crippen LogP contribution in [0.3, 0.4) is 0 Å². The molecule has 2 fully saturated rings. The van der Waals surface area contributed by atoms with Gasteiger partial charge in [0, 0.05) is 19.8 Å². The van der Waals surface area contributed by atoms with Gasteiger partial charge in [0.15, 0.2) is 12.2 Å². The average molecular weight is 599 g/mol. The third-order valence-electron chi connectivity index (χ3n) is 7.76. The lowest BCUT2D eigenvalue weighted by Crippen LogP contribution is -2.60. The number of hydrogen-bond donors (Lipinski definition) is 5. The van der Waals surface area contributed by atoms with E-state index in [-0.39, 0.29) is 13.0 Å². The van der Waals surface area contributed by atoms with Crippen molar-refractivity contribution in [1.82, 2.24) is 0 Å². The Kier molecular flexibility index (Phi) is 14.6. The summed E-state index contributed by atoms with van der Waals surface area (Å²) in [4.78, 5) is 22.1. The molecule has 2 aliphatic heterocycles. The summed E-state index contributed by atoms with van der Waals surface area (Å²) >= 11 is 0. The van der Waals surface area contributed by atoms with E-state index in [2.05, 4.69) is 12.1 Å². The van der Waals surface area contributed by atoms with E-state index in [1.807, 2.05) is 18.2 Å². The molecule has 0 radical (unpaired) electrons. The third-order valence-corrected chi connectivity index (χ3v) is 7.76. The van der Waals surface area contributed by atoms with Gasteiger partial charge in [0.1, 0.15) is 30.5 Å². The molecule has 8 unspecified atom stereocenters. The Morgan fingerprint density at radius 1 is 0.929 bits per heavy atom. The normalized spacial score (nSPS) is 29.9. The monoisotopic (exact) mass is 598 g/mol. The van der Waals surface area contributed by atoms with E-state index < -0.39 is 66.9 Å². The second-order valence-corrected chi connectivity index (χ2v) is 11.0. The van der Waals surface area contributed by atoms with Crippen molar-refractivity contribution < 1.29 is 58.8 Å². The molecule has 2 heterocycles. The number of rotatable bonds is 18. The third kappa shape index (κ3) is 10.5. The van der Waals surface area contributed by atoms with Gasteiger partial charge in [-0.05, 0) is 51.0 Å². The van der Waals surface area contributed by atoms with E-state index in [9.17, 15) is 24.9 Å². The van der Waals surface area contributed by atoms with Gasteiger partial charge in [0.05, 0.1) is 18.8 Å². The minimum Gasteiger partial charge on any atom is -0.481 e. The zero-order chi connectivity index (χ0) is 30.5. The quantitative estimate of drug-likeness (QED) is 0.122. The highest BCUT2D eigenvalue weighted by atomic mass is 16.7. The van der Waals surface area contributed by atoms with Crippen molar-refractivity contribution in [2.75, 3.05) is 26.4 Å². The number of hydrogen-bond acceptors (Lipinski definition) is 10. The fourth-order valence-electron chi connectivity index (χ4n) is 5.20. The Labute approximate surface area is 246 Å². The van der Waals surface area contributed by atoms with Gasteiger partial charge in [0.2, 0.25) is 0 Å². The average Bonchev–Trinajstić information content (AvgIpc) is 2.97. The first-order chi connectivity index (χ1) is 20.2. The lowest BCUT2D eigenvalue weighted by Gasteiger charge is -2.44. The Morgan fingerprint density at radius 2 is 1.64 bits per heavy atom. The van der Waals surface area contributed by atoms with Crippen LogP contribution in [0.25, 0.3) is 0 Å². The smallest absolute Gasteiger partial charge is 0.317 e. The van der Waals surface area contributed by atoms with Gasteiger partial charge in [-0.3, -0.25) is 9.59 Å². The maximum Gasteiger partial charge on any atom is 0.317 e. The van der Waals surface area contributed by atoms with Gasteiger partial charge < -0.3 is 49.2 Å². The summed E-state index contributed by atoms with van der Waals surface area (Å²) in [5.74, 6) is -4.11. The Bertz CT molecular complexity index is 916. The maximum absolute atomic E-state index is 11.1. The molecule has 12 nitrogen and oxygen atoms in total. The van der Waals surface area contributed by atoms with E-state index >= 15 is 0 Å². The van der Waals surface area contributed by atoms with Crippen molar-refractivity contribution in [1.29, 1.82) is 0 Å². The Morgan fingerprint density at radius 3 is 2.36 bits per heavy atom. The van der Waals surface area contributed by atoms with E-state index in [1.54, 1.807) is 6.92 Å². The molecular formula is C30H46O12. The molecule has 2 saturated heterocycles. The number of carbonyl (C=O) groups is 2. The molecule has 1 aromatic rings. The van der Waals surface area contributed by atoms with Gasteiger partial charge >= 0.3 is 11.9 Å². The van der Waals surface area contributed by atoms with Gasteiger partial charge in [-0.1, -0.05) is 43.2 Å². The highest BCUT2D eigenvalue weighted by Crippen LogP contribution is 2.28.